The molecule has 9 nitrogen and oxygen atoms in total. The highest BCUT2D eigenvalue weighted by Gasteiger charge is 2.43. The summed E-state index contributed by atoms with van der Waals surface area (Å²) in [6.07, 6.45) is 0.397. The first-order valence-electron chi connectivity index (χ1n) is 12.3. The highest BCUT2D eigenvalue weighted by atomic mass is 16.5. The molecule has 2 aliphatic heterocycles. The van der Waals surface area contributed by atoms with E-state index in [1.165, 1.54) is 6.92 Å². The molecule has 2 atom stereocenters. The summed E-state index contributed by atoms with van der Waals surface area (Å²) in [6, 6.07) is 13.7. The normalized spacial score (nSPS) is 19.6. The molecule has 0 aromatic heterocycles. The molecule has 192 valence electrons. The van der Waals surface area contributed by atoms with E-state index in [4.69, 9.17) is 9.47 Å². The van der Waals surface area contributed by atoms with E-state index in [2.05, 4.69) is 5.32 Å². The zero-order valence-corrected chi connectivity index (χ0v) is 21.1. The zero-order valence-electron chi connectivity index (χ0n) is 21.1. The van der Waals surface area contributed by atoms with E-state index in [0.717, 1.165) is 18.7 Å². The summed E-state index contributed by atoms with van der Waals surface area (Å²) in [5, 5.41) is 3.25. The van der Waals surface area contributed by atoms with Crippen LogP contribution in [0.25, 0.3) is 0 Å². The van der Waals surface area contributed by atoms with Crippen LogP contribution < -0.4 is 14.8 Å². The van der Waals surface area contributed by atoms with Crippen LogP contribution in [0.15, 0.2) is 48.5 Å². The standard InChI is InChI=1S/C27H34N4O5/c1-19(32)30-18-22(16-25(30)27(34)29-13-11-28-12-14-29)31(17-20-5-4-6-24(15-20)36-3)26(33)21-7-9-23(35-2)10-8-21/h4-10,15,22,25,28H,11-14,16-18H2,1-3H3. The summed E-state index contributed by atoms with van der Waals surface area (Å²) in [5.41, 5.74) is 1.42. The van der Waals surface area contributed by atoms with Gasteiger partial charge in [-0.2, -0.15) is 0 Å². The van der Waals surface area contributed by atoms with E-state index in [-0.39, 0.29) is 23.8 Å². The number of rotatable bonds is 7. The van der Waals surface area contributed by atoms with E-state index in [1.54, 1.807) is 48.3 Å². The number of methoxy groups -OCH3 is 2. The highest BCUT2D eigenvalue weighted by molar-refractivity contribution is 5.95. The molecule has 36 heavy (non-hydrogen) atoms. The maximum Gasteiger partial charge on any atom is 0.254 e. The van der Waals surface area contributed by atoms with Gasteiger partial charge in [-0.3, -0.25) is 14.4 Å². The average Bonchev–Trinajstić information content (AvgIpc) is 3.37. The smallest absolute Gasteiger partial charge is 0.254 e. The van der Waals surface area contributed by atoms with Crippen LogP contribution >= 0.6 is 0 Å². The Morgan fingerprint density at radius 2 is 1.69 bits per heavy atom. The first kappa shape index (κ1) is 25.5. The van der Waals surface area contributed by atoms with Gasteiger partial charge in [-0.1, -0.05) is 12.1 Å². The van der Waals surface area contributed by atoms with Crippen molar-refractivity contribution in [3.63, 3.8) is 0 Å². The van der Waals surface area contributed by atoms with Crippen molar-refractivity contribution in [2.24, 2.45) is 0 Å². The third kappa shape index (κ3) is 5.62. The van der Waals surface area contributed by atoms with Gasteiger partial charge in [0.1, 0.15) is 17.5 Å². The molecule has 0 saturated carbocycles. The van der Waals surface area contributed by atoms with E-state index in [0.29, 0.717) is 49.7 Å². The van der Waals surface area contributed by atoms with Crippen LogP contribution in [0.1, 0.15) is 29.3 Å². The Morgan fingerprint density at radius 3 is 2.33 bits per heavy atom. The molecular weight excluding hydrogens is 460 g/mol. The summed E-state index contributed by atoms with van der Waals surface area (Å²) in [6.45, 7) is 4.82. The third-order valence-electron chi connectivity index (χ3n) is 6.92. The topological polar surface area (TPSA) is 91.4 Å². The Bertz CT molecular complexity index is 1080. The van der Waals surface area contributed by atoms with Gasteiger partial charge >= 0.3 is 0 Å². The van der Waals surface area contributed by atoms with Gasteiger partial charge < -0.3 is 29.5 Å². The summed E-state index contributed by atoms with van der Waals surface area (Å²) in [4.78, 5) is 45.0. The summed E-state index contributed by atoms with van der Waals surface area (Å²) < 4.78 is 10.6. The fourth-order valence-electron chi connectivity index (χ4n) is 4.95. The van der Waals surface area contributed by atoms with E-state index in [1.807, 2.05) is 29.2 Å². The van der Waals surface area contributed by atoms with Crippen LogP contribution in [0, 0.1) is 0 Å². The van der Waals surface area contributed by atoms with Crippen molar-refractivity contribution in [2.75, 3.05) is 46.9 Å². The second-order valence-electron chi connectivity index (χ2n) is 9.17. The molecule has 2 aromatic carbocycles. The van der Waals surface area contributed by atoms with Crippen LogP contribution in [0.2, 0.25) is 0 Å². The number of nitrogens with zero attached hydrogens (tertiary/aromatic N) is 3. The fraction of sp³-hybridized carbons (Fsp3) is 0.444. The number of carbonyl (C=O) groups is 3. The Labute approximate surface area is 211 Å². The molecule has 2 aliphatic rings. The van der Waals surface area contributed by atoms with E-state index < -0.39 is 6.04 Å². The number of ether oxygens (including phenoxy) is 2. The number of piperazine rings is 1. The van der Waals surface area contributed by atoms with Gasteiger partial charge in [0.25, 0.3) is 5.91 Å². The third-order valence-corrected chi connectivity index (χ3v) is 6.92. The van der Waals surface area contributed by atoms with Crippen molar-refractivity contribution in [3.05, 3.63) is 59.7 Å². The second-order valence-corrected chi connectivity index (χ2v) is 9.17. The Balaban J connectivity index is 1.63. The van der Waals surface area contributed by atoms with Crippen molar-refractivity contribution in [1.29, 1.82) is 0 Å². The van der Waals surface area contributed by atoms with Gasteiger partial charge in [-0.15, -0.1) is 0 Å². The summed E-state index contributed by atoms with van der Waals surface area (Å²) >= 11 is 0. The van der Waals surface area contributed by atoms with Crippen LogP contribution in [-0.2, 0) is 16.1 Å². The predicted molar refractivity (Wildman–Crippen MR) is 135 cm³/mol. The minimum absolute atomic E-state index is 0.0487. The van der Waals surface area contributed by atoms with E-state index >= 15 is 0 Å². The van der Waals surface area contributed by atoms with Gasteiger partial charge in [0.2, 0.25) is 11.8 Å². The van der Waals surface area contributed by atoms with Crippen molar-refractivity contribution in [1.82, 2.24) is 20.0 Å². The molecule has 0 bridgehead atoms. The lowest BCUT2D eigenvalue weighted by Gasteiger charge is -2.32. The highest BCUT2D eigenvalue weighted by Crippen LogP contribution is 2.28. The molecule has 9 heteroatoms. The van der Waals surface area contributed by atoms with Crippen LogP contribution in [0.5, 0.6) is 11.5 Å². The minimum atomic E-state index is -0.581. The van der Waals surface area contributed by atoms with Gasteiger partial charge in [-0.25, -0.2) is 0 Å². The quantitative estimate of drug-likeness (QED) is 0.631. The van der Waals surface area contributed by atoms with Gasteiger partial charge in [-0.05, 0) is 48.4 Å². The fourth-order valence-corrected chi connectivity index (χ4v) is 4.95. The number of benzene rings is 2. The average molecular weight is 495 g/mol. The summed E-state index contributed by atoms with van der Waals surface area (Å²) in [7, 11) is 3.18. The number of hydrogen-bond donors (Lipinski definition) is 1. The van der Waals surface area contributed by atoms with Crippen LogP contribution in [0.4, 0.5) is 0 Å². The van der Waals surface area contributed by atoms with Gasteiger partial charge in [0.05, 0.1) is 20.3 Å². The molecule has 0 spiro atoms. The van der Waals surface area contributed by atoms with Crippen LogP contribution in [-0.4, -0.2) is 91.4 Å². The molecule has 2 aromatic rings. The number of amides is 3. The monoisotopic (exact) mass is 494 g/mol. The molecule has 1 N–H and O–H groups in total. The molecular formula is C27H34N4O5. The van der Waals surface area contributed by atoms with Gasteiger partial charge in [0, 0.05) is 51.8 Å². The largest absolute Gasteiger partial charge is 0.497 e. The van der Waals surface area contributed by atoms with Crippen LogP contribution in [0.3, 0.4) is 0 Å². The molecule has 0 radical (unpaired) electrons. The first-order chi connectivity index (χ1) is 17.4. The molecule has 4 rings (SSSR count). The number of likely N-dealkylation sites (tertiary alicyclic amines) is 1. The molecule has 3 amide bonds. The molecule has 2 heterocycles. The number of hydrogen-bond acceptors (Lipinski definition) is 6. The molecule has 2 saturated heterocycles. The SMILES string of the molecule is COc1ccc(C(=O)N(Cc2cccc(OC)c2)C2CC(C(=O)N3CCNCC3)N(C(C)=O)C2)cc1. The maximum absolute atomic E-state index is 13.8. The molecule has 2 unspecified atom stereocenters. The predicted octanol–water partition coefficient (Wildman–Crippen LogP) is 1.77. The van der Waals surface area contributed by atoms with Crippen molar-refractivity contribution >= 4 is 17.7 Å². The molecule has 2 fully saturated rings. The van der Waals surface area contributed by atoms with Crippen molar-refractivity contribution in [2.45, 2.75) is 32.0 Å². The lowest BCUT2D eigenvalue weighted by molar-refractivity contribution is -0.143. The number of carbonyl (C=O) groups excluding carboxylic acids is 3. The van der Waals surface area contributed by atoms with Crippen molar-refractivity contribution in [3.8, 4) is 11.5 Å². The maximum atomic E-state index is 13.8. The minimum Gasteiger partial charge on any atom is -0.497 e. The Morgan fingerprint density at radius 1 is 1.00 bits per heavy atom. The Hall–Kier alpha value is -3.59. The van der Waals surface area contributed by atoms with Crippen molar-refractivity contribution < 1.29 is 23.9 Å². The lowest BCUT2D eigenvalue weighted by Crippen LogP contribution is -2.53. The second kappa shape index (κ2) is 11.4. The molecule has 0 aliphatic carbocycles. The Kier molecular flexibility index (Phi) is 8.10. The van der Waals surface area contributed by atoms with E-state index in [9.17, 15) is 14.4 Å². The lowest BCUT2D eigenvalue weighted by atomic mass is 10.1. The zero-order chi connectivity index (χ0) is 25.7. The number of nitrogens with one attached hydrogen (secondary N) is 1. The summed E-state index contributed by atoms with van der Waals surface area (Å²) in [5.74, 6) is 0.991. The first-order valence-corrected chi connectivity index (χ1v) is 12.3. The van der Waals surface area contributed by atoms with Gasteiger partial charge in [0.15, 0.2) is 0 Å².